The number of hydrogen-bond donors (Lipinski definition) is 1. The van der Waals surface area contributed by atoms with Crippen LogP contribution < -0.4 is 4.74 Å². The molecular formula is C16H17ClN2O2. The fourth-order valence-corrected chi connectivity index (χ4v) is 2.08. The molecule has 0 atom stereocenters. The summed E-state index contributed by atoms with van der Waals surface area (Å²) in [5.41, 5.74) is 2.68. The average molecular weight is 305 g/mol. The van der Waals surface area contributed by atoms with Crippen molar-refractivity contribution in [3.63, 3.8) is 0 Å². The van der Waals surface area contributed by atoms with Gasteiger partial charge in [0.2, 0.25) is 0 Å². The summed E-state index contributed by atoms with van der Waals surface area (Å²) < 4.78 is 7.09. The maximum absolute atomic E-state index is 8.79. The summed E-state index contributed by atoms with van der Waals surface area (Å²) >= 11 is 6.01. The highest BCUT2D eigenvalue weighted by atomic mass is 35.5. The summed E-state index contributed by atoms with van der Waals surface area (Å²) in [6, 6.07) is 5.82. The summed E-state index contributed by atoms with van der Waals surface area (Å²) in [6.45, 7) is 2.55. The maximum atomic E-state index is 8.79. The molecule has 4 nitrogen and oxygen atoms in total. The highest BCUT2D eigenvalue weighted by Crippen LogP contribution is 2.20. The minimum atomic E-state index is 0.0556. The molecule has 0 fully saturated rings. The van der Waals surface area contributed by atoms with Crippen molar-refractivity contribution in [1.29, 1.82) is 0 Å². The predicted octanol–water partition coefficient (Wildman–Crippen LogP) is 2.64. The smallest absolute Gasteiger partial charge is 0.134 e. The van der Waals surface area contributed by atoms with Crippen molar-refractivity contribution in [3.8, 4) is 17.6 Å². The number of aliphatic hydroxyl groups excluding tert-OH is 1. The highest BCUT2D eigenvalue weighted by Gasteiger charge is 2.05. The Morgan fingerprint density at radius 2 is 2.24 bits per heavy atom. The number of rotatable bonds is 4. The molecule has 0 saturated carbocycles. The van der Waals surface area contributed by atoms with Crippen LogP contribution >= 0.6 is 11.6 Å². The number of halogens is 1. The zero-order valence-electron chi connectivity index (χ0n) is 12.1. The number of methoxy groups -OCH3 is 1. The SMILES string of the molecule is COc1ccc(Cn2cc(Cl)c(C)n2)cc1C#CCCO. The normalized spacial score (nSPS) is 10.1. The summed E-state index contributed by atoms with van der Waals surface area (Å²) in [4.78, 5) is 0. The molecule has 110 valence electrons. The predicted molar refractivity (Wildman–Crippen MR) is 82.7 cm³/mol. The third-order valence-corrected chi connectivity index (χ3v) is 3.33. The van der Waals surface area contributed by atoms with Crippen molar-refractivity contribution in [2.75, 3.05) is 13.7 Å². The van der Waals surface area contributed by atoms with Crippen LogP contribution in [0.3, 0.4) is 0 Å². The van der Waals surface area contributed by atoms with E-state index in [2.05, 4.69) is 16.9 Å². The van der Waals surface area contributed by atoms with Gasteiger partial charge in [-0.1, -0.05) is 29.5 Å². The first kappa shape index (κ1) is 15.4. The number of ether oxygens (including phenoxy) is 1. The molecule has 2 aromatic rings. The zero-order valence-corrected chi connectivity index (χ0v) is 12.8. The second-order valence-corrected chi connectivity index (χ2v) is 4.98. The van der Waals surface area contributed by atoms with E-state index in [9.17, 15) is 0 Å². The van der Waals surface area contributed by atoms with Gasteiger partial charge in [0.05, 0.1) is 36.5 Å². The molecule has 0 spiro atoms. The molecule has 0 radical (unpaired) electrons. The number of nitrogens with zero attached hydrogens (tertiary/aromatic N) is 2. The van der Waals surface area contributed by atoms with Crippen molar-refractivity contribution >= 4 is 11.6 Å². The molecule has 0 aliphatic heterocycles. The van der Waals surface area contributed by atoms with Crippen molar-refractivity contribution in [2.45, 2.75) is 19.9 Å². The third-order valence-electron chi connectivity index (χ3n) is 2.95. The fraction of sp³-hybridized carbons (Fsp3) is 0.312. The number of hydrogen-bond acceptors (Lipinski definition) is 3. The van der Waals surface area contributed by atoms with Gasteiger partial charge in [0.15, 0.2) is 0 Å². The lowest BCUT2D eigenvalue weighted by Crippen LogP contribution is -2.01. The van der Waals surface area contributed by atoms with Crippen LogP contribution in [0.5, 0.6) is 5.75 Å². The van der Waals surface area contributed by atoms with E-state index in [0.29, 0.717) is 18.0 Å². The van der Waals surface area contributed by atoms with E-state index >= 15 is 0 Å². The molecule has 0 unspecified atom stereocenters. The first-order valence-electron chi connectivity index (χ1n) is 6.60. The molecule has 21 heavy (non-hydrogen) atoms. The molecular weight excluding hydrogens is 288 g/mol. The first-order valence-corrected chi connectivity index (χ1v) is 6.98. The monoisotopic (exact) mass is 304 g/mol. The van der Waals surface area contributed by atoms with Gasteiger partial charge in [-0.05, 0) is 24.6 Å². The molecule has 0 bridgehead atoms. The lowest BCUT2D eigenvalue weighted by Gasteiger charge is -2.07. The molecule has 1 aromatic heterocycles. The van der Waals surface area contributed by atoms with Crippen LogP contribution in [0.1, 0.15) is 23.2 Å². The molecule has 1 heterocycles. The van der Waals surface area contributed by atoms with Crippen LogP contribution in [0.4, 0.5) is 0 Å². The molecule has 0 amide bonds. The van der Waals surface area contributed by atoms with Crippen molar-refractivity contribution in [1.82, 2.24) is 9.78 Å². The molecule has 1 aromatic carbocycles. The topological polar surface area (TPSA) is 47.3 Å². The van der Waals surface area contributed by atoms with Gasteiger partial charge in [-0.15, -0.1) is 0 Å². The Hall–Kier alpha value is -1.96. The standard InChI is InChI=1S/C16H17ClN2O2/c1-12-15(17)11-19(18-12)10-13-6-7-16(21-2)14(9-13)5-3-4-8-20/h6-7,9,11,20H,4,8,10H2,1-2H3. The molecule has 0 saturated heterocycles. The highest BCUT2D eigenvalue weighted by molar-refractivity contribution is 6.31. The fourth-order valence-electron chi connectivity index (χ4n) is 1.93. The van der Waals surface area contributed by atoms with E-state index < -0.39 is 0 Å². The van der Waals surface area contributed by atoms with E-state index in [1.54, 1.807) is 18.0 Å². The Morgan fingerprint density at radius 1 is 1.43 bits per heavy atom. The molecule has 0 aliphatic rings. The number of aromatic nitrogens is 2. The van der Waals surface area contributed by atoms with E-state index in [1.165, 1.54) is 0 Å². The average Bonchev–Trinajstić information content (AvgIpc) is 2.78. The third kappa shape index (κ3) is 4.01. The minimum absolute atomic E-state index is 0.0556. The van der Waals surface area contributed by atoms with E-state index in [-0.39, 0.29) is 6.61 Å². The van der Waals surface area contributed by atoms with Gasteiger partial charge in [0, 0.05) is 12.6 Å². The van der Waals surface area contributed by atoms with E-state index in [0.717, 1.165) is 22.6 Å². The summed E-state index contributed by atoms with van der Waals surface area (Å²) in [5, 5.41) is 13.8. The van der Waals surface area contributed by atoms with Crippen molar-refractivity contribution in [3.05, 3.63) is 46.2 Å². The van der Waals surface area contributed by atoms with Gasteiger partial charge < -0.3 is 9.84 Å². The van der Waals surface area contributed by atoms with Crippen LogP contribution in [0.15, 0.2) is 24.4 Å². The van der Waals surface area contributed by atoms with Crippen molar-refractivity contribution < 1.29 is 9.84 Å². The van der Waals surface area contributed by atoms with Gasteiger partial charge in [-0.2, -0.15) is 5.10 Å². The van der Waals surface area contributed by atoms with Gasteiger partial charge >= 0.3 is 0 Å². The largest absolute Gasteiger partial charge is 0.495 e. The quantitative estimate of drug-likeness (QED) is 0.883. The Morgan fingerprint density at radius 3 is 2.86 bits per heavy atom. The Bertz CT molecular complexity index is 664. The molecule has 5 heteroatoms. The Labute approximate surface area is 129 Å². The summed E-state index contributed by atoms with van der Waals surface area (Å²) in [5.74, 6) is 6.65. The lowest BCUT2D eigenvalue weighted by atomic mass is 10.1. The second kappa shape index (κ2) is 7.16. The van der Waals surface area contributed by atoms with Crippen LogP contribution in [-0.4, -0.2) is 28.6 Å². The Kier molecular flexibility index (Phi) is 5.26. The Balaban J connectivity index is 2.25. The summed E-state index contributed by atoms with van der Waals surface area (Å²) in [7, 11) is 1.61. The van der Waals surface area contributed by atoms with Gasteiger partial charge in [-0.25, -0.2) is 0 Å². The number of aryl methyl sites for hydroxylation is 1. The van der Waals surface area contributed by atoms with E-state index in [1.807, 2.05) is 25.1 Å². The molecule has 2 rings (SSSR count). The van der Waals surface area contributed by atoms with E-state index in [4.69, 9.17) is 21.4 Å². The van der Waals surface area contributed by atoms with Crippen LogP contribution in [-0.2, 0) is 6.54 Å². The second-order valence-electron chi connectivity index (χ2n) is 4.57. The number of aliphatic hydroxyl groups is 1. The van der Waals surface area contributed by atoms with Gasteiger partial charge in [0.25, 0.3) is 0 Å². The molecule has 0 aliphatic carbocycles. The lowest BCUT2D eigenvalue weighted by molar-refractivity contribution is 0.305. The van der Waals surface area contributed by atoms with Gasteiger partial charge in [-0.3, -0.25) is 4.68 Å². The van der Waals surface area contributed by atoms with Crippen LogP contribution in [0.25, 0.3) is 0 Å². The number of benzene rings is 1. The first-order chi connectivity index (χ1) is 10.1. The zero-order chi connectivity index (χ0) is 15.2. The van der Waals surface area contributed by atoms with Crippen LogP contribution in [0.2, 0.25) is 5.02 Å². The minimum Gasteiger partial charge on any atom is -0.495 e. The maximum Gasteiger partial charge on any atom is 0.134 e. The molecule has 1 N–H and O–H groups in total. The van der Waals surface area contributed by atoms with Crippen molar-refractivity contribution in [2.24, 2.45) is 0 Å². The van der Waals surface area contributed by atoms with Gasteiger partial charge in [0.1, 0.15) is 5.75 Å². The van der Waals surface area contributed by atoms with Crippen LogP contribution in [0, 0.1) is 18.8 Å². The summed E-state index contributed by atoms with van der Waals surface area (Å²) in [6.07, 6.45) is 2.25.